The second-order valence-electron chi connectivity index (χ2n) is 6.16. The predicted octanol–water partition coefficient (Wildman–Crippen LogP) is 4.90. The molecule has 1 heterocycles. The van der Waals surface area contributed by atoms with E-state index in [4.69, 9.17) is 4.42 Å². The van der Waals surface area contributed by atoms with Gasteiger partial charge in [-0.05, 0) is 48.9 Å². The van der Waals surface area contributed by atoms with Gasteiger partial charge in [0.25, 0.3) is 5.91 Å². The number of fused-ring (bicyclic) bond motifs is 1. The molecule has 0 fully saturated rings. The topological polar surface area (TPSA) is 75.4 Å². The lowest BCUT2D eigenvalue weighted by molar-refractivity contribution is 0.102. The Kier molecular flexibility index (Phi) is 4.08. The maximum Gasteiger partial charge on any atom is 0.258 e. The predicted molar refractivity (Wildman–Crippen MR) is 100 cm³/mol. The fraction of sp³-hybridized carbons (Fsp3) is 0.0476. The average molecular weight is 362 g/mol. The van der Waals surface area contributed by atoms with Gasteiger partial charge in [-0.1, -0.05) is 18.2 Å². The number of amides is 1. The maximum atomic E-state index is 13.7. The Morgan fingerprint density at radius 2 is 1.93 bits per heavy atom. The van der Waals surface area contributed by atoms with Crippen LogP contribution in [0.3, 0.4) is 0 Å². The number of aromatic nitrogens is 1. The highest BCUT2D eigenvalue weighted by atomic mass is 19.1. The molecule has 0 unspecified atom stereocenters. The molecule has 3 aromatic carbocycles. The van der Waals surface area contributed by atoms with Crippen LogP contribution in [0.25, 0.3) is 22.6 Å². The van der Waals surface area contributed by atoms with E-state index in [1.54, 1.807) is 18.2 Å². The molecule has 1 amide bonds. The number of phenols is 1. The quantitative estimate of drug-likeness (QED) is 0.543. The number of aryl methyl sites for hydroxylation is 1. The highest BCUT2D eigenvalue weighted by molar-refractivity contribution is 6.04. The van der Waals surface area contributed by atoms with Crippen LogP contribution in [0.2, 0.25) is 0 Å². The smallest absolute Gasteiger partial charge is 0.258 e. The van der Waals surface area contributed by atoms with Crippen molar-refractivity contribution < 1.29 is 18.7 Å². The second kappa shape index (κ2) is 6.57. The number of halogens is 1. The normalized spacial score (nSPS) is 10.9. The lowest BCUT2D eigenvalue weighted by atomic mass is 10.1. The maximum absolute atomic E-state index is 13.7. The molecule has 0 bridgehead atoms. The zero-order valence-electron chi connectivity index (χ0n) is 14.4. The number of hydrogen-bond donors (Lipinski definition) is 2. The van der Waals surface area contributed by atoms with Crippen molar-refractivity contribution in [1.29, 1.82) is 0 Å². The van der Waals surface area contributed by atoms with Crippen LogP contribution < -0.4 is 5.32 Å². The van der Waals surface area contributed by atoms with Crippen LogP contribution in [-0.4, -0.2) is 16.0 Å². The molecule has 0 aliphatic carbocycles. The number of benzene rings is 3. The molecule has 0 radical (unpaired) electrons. The molecule has 0 saturated carbocycles. The molecule has 4 rings (SSSR count). The first-order valence-electron chi connectivity index (χ1n) is 8.28. The molecular weight excluding hydrogens is 347 g/mol. The summed E-state index contributed by atoms with van der Waals surface area (Å²) in [6.45, 7) is 1.96. The van der Waals surface area contributed by atoms with Gasteiger partial charge in [-0.25, -0.2) is 9.37 Å². The molecule has 0 saturated heterocycles. The van der Waals surface area contributed by atoms with Gasteiger partial charge in [0, 0.05) is 11.8 Å². The molecule has 27 heavy (non-hydrogen) atoms. The minimum absolute atomic E-state index is 0.0737. The number of oxazole rings is 1. The van der Waals surface area contributed by atoms with Crippen molar-refractivity contribution in [2.24, 2.45) is 0 Å². The van der Waals surface area contributed by atoms with Crippen LogP contribution in [0.5, 0.6) is 5.75 Å². The third-order valence-corrected chi connectivity index (χ3v) is 4.15. The molecular formula is C21H15FN2O3. The van der Waals surface area contributed by atoms with Crippen LogP contribution in [0.15, 0.2) is 65.1 Å². The summed E-state index contributed by atoms with van der Waals surface area (Å²) < 4.78 is 19.4. The first kappa shape index (κ1) is 16.8. The Labute approximate surface area is 154 Å². The van der Waals surface area contributed by atoms with Crippen LogP contribution in [0.4, 0.5) is 10.1 Å². The van der Waals surface area contributed by atoms with Gasteiger partial charge in [0.2, 0.25) is 5.89 Å². The summed E-state index contributed by atoms with van der Waals surface area (Å²) in [6.07, 6.45) is 0. The summed E-state index contributed by atoms with van der Waals surface area (Å²) in [5, 5.41) is 12.9. The standard InChI is InChI=1S/C21H15FN2O3/c1-12-6-9-19-17(10-12)24-21(27-19)15-8-7-13(11-18(15)25)23-20(26)14-4-2-3-5-16(14)22/h2-11,25H,1H3,(H,23,26). The Bertz CT molecular complexity index is 1170. The van der Waals surface area contributed by atoms with Crippen LogP contribution in [0.1, 0.15) is 15.9 Å². The molecule has 2 N–H and O–H groups in total. The number of carbonyl (C=O) groups excluding carboxylic acids is 1. The number of rotatable bonds is 3. The zero-order valence-corrected chi connectivity index (χ0v) is 14.4. The van der Waals surface area contributed by atoms with Crippen molar-refractivity contribution in [1.82, 2.24) is 4.98 Å². The van der Waals surface area contributed by atoms with E-state index in [9.17, 15) is 14.3 Å². The van der Waals surface area contributed by atoms with Gasteiger partial charge in [0.1, 0.15) is 17.1 Å². The van der Waals surface area contributed by atoms with E-state index in [1.807, 2.05) is 25.1 Å². The Balaban J connectivity index is 1.62. The third kappa shape index (κ3) is 3.25. The Morgan fingerprint density at radius 1 is 1.11 bits per heavy atom. The van der Waals surface area contributed by atoms with Gasteiger partial charge in [-0.15, -0.1) is 0 Å². The van der Waals surface area contributed by atoms with E-state index in [0.717, 1.165) is 5.56 Å². The van der Waals surface area contributed by atoms with Gasteiger partial charge in [-0.2, -0.15) is 0 Å². The number of nitrogens with one attached hydrogen (secondary N) is 1. The van der Waals surface area contributed by atoms with Crippen molar-refractivity contribution in [3.8, 4) is 17.2 Å². The summed E-state index contributed by atoms with van der Waals surface area (Å²) in [5.74, 6) is -1.04. The SMILES string of the molecule is Cc1ccc2oc(-c3ccc(NC(=O)c4ccccc4F)cc3O)nc2c1. The molecule has 6 heteroatoms. The minimum atomic E-state index is -0.613. The van der Waals surface area contributed by atoms with E-state index < -0.39 is 11.7 Å². The summed E-state index contributed by atoms with van der Waals surface area (Å²) in [7, 11) is 0. The van der Waals surface area contributed by atoms with Crippen LogP contribution in [-0.2, 0) is 0 Å². The molecule has 4 aromatic rings. The third-order valence-electron chi connectivity index (χ3n) is 4.15. The van der Waals surface area contributed by atoms with E-state index in [1.165, 1.54) is 24.3 Å². The first-order chi connectivity index (χ1) is 13.0. The number of phenolic OH excluding ortho intramolecular Hbond substituents is 1. The highest BCUT2D eigenvalue weighted by Gasteiger charge is 2.15. The number of aromatic hydroxyl groups is 1. The molecule has 0 spiro atoms. The molecule has 1 aromatic heterocycles. The number of carbonyl (C=O) groups is 1. The Hall–Kier alpha value is -3.67. The fourth-order valence-corrected chi connectivity index (χ4v) is 2.79. The molecule has 0 aliphatic rings. The van der Waals surface area contributed by atoms with Gasteiger partial charge >= 0.3 is 0 Å². The lowest BCUT2D eigenvalue weighted by Gasteiger charge is -2.08. The molecule has 0 aliphatic heterocycles. The van der Waals surface area contributed by atoms with Crippen LogP contribution >= 0.6 is 0 Å². The Morgan fingerprint density at radius 3 is 2.70 bits per heavy atom. The summed E-state index contributed by atoms with van der Waals surface area (Å²) in [6, 6.07) is 15.9. The summed E-state index contributed by atoms with van der Waals surface area (Å²) >= 11 is 0. The molecule has 0 atom stereocenters. The second-order valence-corrected chi connectivity index (χ2v) is 6.16. The van der Waals surface area contributed by atoms with Crippen molar-refractivity contribution in [2.45, 2.75) is 6.92 Å². The number of nitrogens with zero attached hydrogens (tertiary/aromatic N) is 1. The average Bonchev–Trinajstić information content (AvgIpc) is 3.04. The number of anilines is 1. The highest BCUT2D eigenvalue weighted by Crippen LogP contribution is 2.33. The fourth-order valence-electron chi connectivity index (χ4n) is 2.79. The minimum Gasteiger partial charge on any atom is -0.507 e. The van der Waals surface area contributed by atoms with E-state index >= 15 is 0 Å². The largest absolute Gasteiger partial charge is 0.507 e. The van der Waals surface area contributed by atoms with E-state index in [0.29, 0.717) is 22.4 Å². The molecule has 134 valence electrons. The van der Waals surface area contributed by atoms with E-state index in [-0.39, 0.29) is 17.2 Å². The van der Waals surface area contributed by atoms with Gasteiger partial charge in [0.15, 0.2) is 5.58 Å². The lowest BCUT2D eigenvalue weighted by Crippen LogP contribution is -2.13. The van der Waals surface area contributed by atoms with Crippen molar-refractivity contribution >= 4 is 22.7 Å². The van der Waals surface area contributed by atoms with Crippen molar-refractivity contribution in [2.75, 3.05) is 5.32 Å². The first-order valence-corrected chi connectivity index (χ1v) is 8.28. The number of hydrogen-bond acceptors (Lipinski definition) is 4. The van der Waals surface area contributed by atoms with Gasteiger partial charge in [-0.3, -0.25) is 4.79 Å². The zero-order chi connectivity index (χ0) is 19.0. The summed E-state index contributed by atoms with van der Waals surface area (Å²) in [5.41, 5.74) is 3.02. The van der Waals surface area contributed by atoms with Crippen LogP contribution in [0, 0.1) is 12.7 Å². The monoisotopic (exact) mass is 362 g/mol. The summed E-state index contributed by atoms with van der Waals surface area (Å²) in [4.78, 5) is 16.6. The van der Waals surface area contributed by atoms with Crippen molar-refractivity contribution in [3.05, 3.63) is 77.6 Å². The van der Waals surface area contributed by atoms with Crippen molar-refractivity contribution in [3.63, 3.8) is 0 Å². The van der Waals surface area contributed by atoms with Gasteiger partial charge < -0.3 is 14.8 Å². The van der Waals surface area contributed by atoms with E-state index in [2.05, 4.69) is 10.3 Å². The van der Waals surface area contributed by atoms with Gasteiger partial charge in [0.05, 0.1) is 11.1 Å². The molecule has 5 nitrogen and oxygen atoms in total.